The van der Waals surface area contributed by atoms with Gasteiger partial charge in [0, 0.05) is 17.5 Å². The predicted octanol–water partition coefficient (Wildman–Crippen LogP) is 2.86. The van der Waals surface area contributed by atoms with Crippen LogP contribution in [0.4, 0.5) is 0 Å². The molecule has 110 valence electrons. The van der Waals surface area contributed by atoms with Gasteiger partial charge in [0.1, 0.15) is 5.75 Å². The van der Waals surface area contributed by atoms with Crippen molar-refractivity contribution in [2.45, 2.75) is 25.8 Å². The monoisotopic (exact) mass is 316 g/mol. The van der Waals surface area contributed by atoms with Crippen LogP contribution >= 0.6 is 23.2 Å². The molecule has 0 bridgehead atoms. The summed E-state index contributed by atoms with van der Waals surface area (Å²) < 4.78 is 0. The third-order valence-electron chi connectivity index (χ3n) is 4.00. The molecule has 1 unspecified atom stereocenters. The van der Waals surface area contributed by atoms with Gasteiger partial charge in [0.05, 0.1) is 10.0 Å². The molecule has 1 saturated heterocycles. The number of rotatable bonds is 4. The molecular formula is C14H18Cl2N2O2. The van der Waals surface area contributed by atoms with E-state index in [0.717, 1.165) is 0 Å². The Hall–Kier alpha value is -0.970. The Balaban J connectivity index is 2.22. The van der Waals surface area contributed by atoms with Gasteiger partial charge in [-0.1, -0.05) is 30.1 Å². The highest BCUT2D eigenvalue weighted by atomic mass is 35.5. The number of nitrogens with one attached hydrogen (secondary N) is 1. The maximum absolute atomic E-state index is 11.4. The van der Waals surface area contributed by atoms with Gasteiger partial charge >= 0.3 is 0 Å². The highest BCUT2D eigenvalue weighted by Crippen LogP contribution is 2.42. The van der Waals surface area contributed by atoms with Crippen LogP contribution in [0, 0.1) is 11.8 Å². The molecule has 1 heterocycles. The minimum Gasteiger partial charge on any atom is -0.508 e. The molecular weight excluding hydrogens is 299 g/mol. The van der Waals surface area contributed by atoms with Crippen molar-refractivity contribution in [2.24, 2.45) is 17.6 Å². The summed E-state index contributed by atoms with van der Waals surface area (Å²) in [6.45, 7) is 2.63. The summed E-state index contributed by atoms with van der Waals surface area (Å²) in [5, 5.41) is 14.1. The number of benzene rings is 1. The van der Waals surface area contributed by atoms with E-state index in [-0.39, 0.29) is 29.5 Å². The maximum Gasteiger partial charge on any atom is 0.220 e. The zero-order valence-corrected chi connectivity index (χ0v) is 12.7. The molecule has 0 radical (unpaired) electrons. The van der Waals surface area contributed by atoms with Crippen LogP contribution in [-0.4, -0.2) is 17.6 Å². The zero-order valence-electron chi connectivity index (χ0n) is 11.2. The summed E-state index contributed by atoms with van der Waals surface area (Å²) in [7, 11) is 0. The molecule has 3 atom stereocenters. The number of halogens is 2. The van der Waals surface area contributed by atoms with Gasteiger partial charge in [-0.15, -0.1) is 0 Å². The maximum atomic E-state index is 11.4. The number of primary amides is 1. The number of hydrogen-bond donors (Lipinski definition) is 3. The van der Waals surface area contributed by atoms with Crippen molar-refractivity contribution >= 4 is 29.1 Å². The second-order valence-electron chi connectivity index (χ2n) is 5.17. The van der Waals surface area contributed by atoms with E-state index in [2.05, 4.69) is 5.32 Å². The van der Waals surface area contributed by atoms with Gasteiger partial charge in [-0.25, -0.2) is 0 Å². The summed E-state index contributed by atoms with van der Waals surface area (Å²) in [5.41, 5.74) is 6.03. The largest absolute Gasteiger partial charge is 0.508 e. The molecule has 6 heteroatoms. The first-order chi connectivity index (χ1) is 9.45. The van der Waals surface area contributed by atoms with Crippen LogP contribution in [0.25, 0.3) is 0 Å². The second kappa shape index (κ2) is 6.20. The van der Waals surface area contributed by atoms with Crippen LogP contribution in [0.5, 0.6) is 5.75 Å². The molecule has 1 amide bonds. The van der Waals surface area contributed by atoms with Crippen molar-refractivity contribution in [1.82, 2.24) is 5.32 Å². The van der Waals surface area contributed by atoms with Crippen LogP contribution in [-0.2, 0) is 4.79 Å². The van der Waals surface area contributed by atoms with E-state index in [1.165, 1.54) is 6.07 Å². The number of aromatic hydroxyl groups is 1. The molecule has 1 aromatic carbocycles. The first-order valence-electron chi connectivity index (χ1n) is 6.65. The molecule has 4 nitrogen and oxygen atoms in total. The number of carbonyl (C=O) groups excluding carboxylic acids is 1. The molecule has 0 aliphatic carbocycles. The smallest absolute Gasteiger partial charge is 0.220 e. The van der Waals surface area contributed by atoms with Gasteiger partial charge in [0.15, 0.2) is 0 Å². The number of amides is 1. The van der Waals surface area contributed by atoms with Gasteiger partial charge < -0.3 is 16.2 Å². The minimum absolute atomic E-state index is 0.111. The van der Waals surface area contributed by atoms with Crippen LogP contribution < -0.4 is 11.1 Å². The van der Waals surface area contributed by atoms with Crippen molar-refractivity contribution in [3.63, 3.8) is 0 Å². The average molecular weight is 317 g/mol. The van der Waals surface area contributed by atoms with Crippen LogP contribution in [0.1, 0.15) is 31.4 Å². The van der Waals surface area contributed by atoms with Gasteiger partial charge in [0.2, 0.25) is 5.91 Å². The lowest BCUT2D eigenvalue weighted by Crippen LogP contribution is -2.30. The Bertz CT molecular complexity index is 522. The standard InChI is InChI=1S/C14H18Cl2N2O2/c1-2-8(14(17)20)7-5-10(18-6-7)12-11(19)4-3-9(15)13(12)16/h3-4,7-8,10,18-19H,2,5-6H2,1H3,(H2,17,20)/t7-,8?,10+/m0/s1. The minimum atomic E-state index is -0.277. The fraction of sp³-hybridized carbons (Fsp3) is 0.500. The van der Waals surface area contributed by atoms with Crippen molar-refractivity contribution in [3.05, 3.63) is 27.7 Å². The van der Waals surface area contributed by atoms with E-state index in [0.29, 0.717) is 35.0 Å². The van der Waals surface area contributed by atoms with Gasteiger partial charge in [-0.05, 0) is 37.4 Å². The van der Waals surface area contributed by atoms with Gasteiger partial charge in [0.25, 0.3) is 0 Å². The van der Waals surface area contributed by atoms with Crippen molar-refractivity contribution in [1.29, 1.82) is 0 Å². The molecule has 1 aliphatic heterocycles. The molecule has 1 aromatic rings. The molecule has 20 heavy (non-hydrogen) atoms. The van der Waals surface area contributed by atoms with Crippen LogP contribution in [0.2, 0.25) is 10.0 Å². The normalized spacial score (nSPS) is 23.8. The Kier molecular flexibility index (Phi) is 4.78. The van der Waals surface area contributed by atoms with E-state index >= 15 is 0 Å². The van der Waals surface area contributed by atoms with E-state index in [1.807, 2.05) is 6.92 Å². The fourth-order valence-electron chi connectivity index (χ4n) is 2.94. The molecule has 0 aromatic heterocycles. The first kappa shape index (κ1) is 15.4. The number of nitrogens with two attached hydrogens (primary N) is 1. The number of phenolic OH excluding ortho intramolecular Hbond substituents is 1. The number of phenols is 1. The average Bonchev–Trinajstić information content (AvgIpc) is 2.84. The molecule has 0 saturated carbocycles. The molecule has 1 aliphatic rings. The lowest BCUT2D eigenvalue weighted by atomic mass is 9.86. The summed E-state index contributed by atoms with van der Waals surface area (Å²) in [6, 6.07) is 2.98. The van der Waals surface area contributed by atoms with Gasteiger partial charge in [-0.3, -0.25) is 4.79 Å². The van der Waals surface area contributed by atoms with Crippen LogP contribution in [0.15, 0.2) is 12.1 Å². The van der Waals surface area contributed by atoms with Gasteiger partial charge in [-0.2, -0.15) is 0 Å². The number of carbonyl (C=O) groups is 1. The Morgan fingerprint density at radius 1 is 1.55 bits per heavy atom. The number of hydrogen-bond acceptors (Lipinski definition) is 3. The summed E-state index contributed by atoms with van der Waals surface area (Å²) in [5.74, 6) is -0.171. The fourth-order valence-corrected chi connectivity index (χ4v) is 3.40. The quantitative estimate of drug-likeness (QED) is 0.799. The van der Waals surface area contributed by atoms with E-state index in [1.54, 1.807) is 6.07 Å². The zero-order chi connectivity index (χ0) is 14.9. The van der Waals surface area contributed by atoms with E-state index in [4.69, 9.17) is 28.9 Å². The Morgan fingerprint density at radius 3 is 2.85 bits per heavy atom. The highest BCUT2D eigenvalue weighted by molar-refractivity contribution is 6.42. The lowest BCUT2D eigenvalue weighted by molar-refractivity contribution is -0.123. The van der Waals surface area contributed by atoms with Crippen molar-refractivity contribution in [2.75, 3.05) is 6.54 Å². The summed E-state index contributed by atoms with van der Waals surface area (Å²) >= 11 is 12.2. The SMILES string of the molecule is CCC(C(N)=O)[C@@H]1CN[C@@H](c2c(O)ccc(Cl)c2Cl)C1. The summed E-state index contributed by atoms with van der Waals surface area (Å²) in [6.07, 6.45) is 1.42. The highest BCUT2D eigenvalue weighted by Gasteiger charge is 2.35. The molecule has 1 fully saturated rings. The Labute approximate surface area is 128 Å². The summed E-state index contributed by atoms with van der Waals surface area (Å²) in [4.78, 5) is 11.4. The predicted molar refractivity (Wildman–Crippen MR) is 80.0 cm³/mol. The molecule has 2 rings (SSSR count). The van der Waals surface area contributed by atoms with E-state index in [9.17, 15) is 9.90 Å². The van der Waals surface area contributed by atoms with Crippen molar-refractivity contribution < 1.29 is 9.90 Å². The van der Waals surface area contributed by atoms with Crippen LogP contribution in [0.3, 0.4) is 0 Å². The second-order valence-corrected chi connectivity index (χ2v) is 5.95. The Morgan fingerprint density at radius 2 is 2.25 bits per heavy atom. The van der Waals surface area contributed by atoms with Crippen molar-refractivity contribution in [3.8, 4) is 5.75 Å². The van der Waals surface area contributed by atoms with E-state index < -0.39 is 0 Å². The topological polar surface area (TPSA) is 75.4 Å². The molecule has 4 N–H and O–H groups in total. The third-order valence-corrected chi connectivity index (χ3v) is 4.82. The third kappa shape index (κ3) is 2.87. The first-order valence-corrected chi connectivity index (χ1v) is 7.40. The lowest BCUT2D eigenvalue weighted by Gasteiger charge is -2.19. The molecule has 0 spiro atoms.